The predicted octanol–water partition coefficient (Wildman–Crippen LogP) is 6.90. The van der Waals surface area contributed by atoms with E-state index in [9.17, 15) is 0 Å². The molecule has 0 heterocycles. The first kappa shape index (κ1) is 17.8. The second-order valence-electron chi connectivity index (χ2n) is 12.3. The molecule has 6 unspecified atom stereocenters. The van der Waals surface area contributed by atoms with Crippen molar-refractivity contribution in [1.82, 2.24) is 0 Å². The SMILES string of the molecule is CC1C2C(C(C)C(C)(C)C2(C)C)C2C1C(C)(C)C(C)(C)C2(C)C. The van der Waals surface area contributed by atoms with Gasteiger partial charge in [-0.15, -0.1) is 0 Å². The molecule has 0 bridgehead atoms. The summed E-state index contributed by atoms with van der Waals surface area (Å²) in [5, 5.41) is 0. The van der Waals surface area contributed by atoms with Crippen molar-refractivity contribution in [2.45, 2.75) is 83.1 Å². The van der Waals surface area contributed by atoms with Gasteiger partial charge in [0.25, 0.3) is 0 Å². The highest BCUT2D eigenvalue weighted by Gasteiger charge is 2.76. The minimum atomic E-state index is 0.394. The molecule has 0 nitrogen and oxygen atoms in total. The molecule has 0 spiro atoms. The molecule has 3 aliphatic carbocycles. The minimum absolute atomic E-state index is 0.394. The van der Waals surface area contributed by atoms with Crippen LogP contribution in [-0.2, 0) is 0 Å². The van der Waals surface area contributed by atoms with Gasteiger partial charge in [0.2, 0.25) is 0 Å². The van der Waals surface area contributed by atoms with Crippen LogP contribution < -0.4 is 0 Å². The first-order valence-corrected chi connectivity index (χ1v) is 10.1. The van der Waals surface area contributed by atoms with Gasteiger partial charge in [0.1, 0.15) is 0 Å². The van der Waals surface area contributed by atoms with Gasteiger partial charge in [0, 0.05) is 0 Å². The third kappa shape index (κ3) is 1.56. The van der Waals surface area contributed by atoms with Gasteiger partial charge in [-0.3, -0.25) is 0 Å². The maximum Gasteiger partial charge on any atom is -0.0246 e. The van der Waals surface area contributed by atoms with E-state index in [4.69, 9.17) is 0 Å². The number of rotatable bonds is 0. The Kier molecular flexibility index (Phi) is 3.26. The average Bonchev–Trinajstić information content (AvgIpc) is 2.80. The van der Waals surface area contributed by atoms with Gasteiger partial charge in [-0.05, 0) is 62.6 Å². The zero-order chi connectivity index (χ0) is 18.0. The summed E-state index contributed by atoms with van der Waals surface area (Å²) in [6, 6.07) is 0. The fourth-order valence-corrected chi connectivity index (χ4v) is 8.32. The van der Waals surface area contributed by atoms with Crippen molar-refractivity contribution < 1.29 is 0 Å². The Hall–Kier alpha value is 0. The first-order chi connectivity index (χ1) is 10.1. The molecule has 0 aromatic carbocycles. The van der Waals surface area contributed by atoms with Gasteiger partial charge in [-0.1, -0.05) is 83.1 Å². The summed E-state index contributed by atoms with van der Waals surface area (Å²) in [5.41, 5.74) is 2.11. The van der Waals surface area contributed by atoms with Crippen LogP contribution in [-0.4, -0.2) is 0 Å². The van der Waals surface area contributed by atoms with E-state index in [1.807, 2.05) is 0 Å². The van der Waals surface area contributed by atoms with Crippen LogP contribution in [0.2, 0.25) is 0 Å². The van der Waals surface area contributed by atoms with Crippen LogP contribution in [0.15, 0.2) is 0 Å². The van der Waals surface area contributed by atoms with E-state index in [1.54, 1.807) is 0 Å². The Morgan fingerprint density at radius 1 is 0.478 bits per heavy atom. The van der Waals surface area contributed by atoms with E-state index >= 15 is 0 Å². The summed E-state index contributed by atoms with van der Waals surface area (Å²) in [6.07, 6.45) is 0. The average molecular weight is 319 g/mol. The number of fused-ring (bicyclic) bond motifs is 3. The van der Waals surface area contributed by atoms with E-state index in [1.165, 1.54) is 0 Å². The molecule has 3 saturated carbocycles. The van der Waals surface area contributed by atoms with Crippen molar-refractivity contribution in [2.75, 3.05) is 0 Å². The minimum Gasteiger partial charge on any atom is -0.0619 e. The van der Waals surface area contributed by atoms with Gasteiger partial charge < -0.3 is 0 Å². The molecule has 3 aliphatic rings. The molecular formula is C23H42. The highest BCUT2D eigenvalue weighted by atomic mass is 14.8. The van der Waals surface area contributed by atoms with Crippen LogP contribution in [0.5, 0.6) is 0 Å². The molecule has 0 heteroatoms. The Morgan fingerprint density at radius 2 is 0.913 bits per heavy atom. The van der Waals surface area contributed by atoms with E-state index in [0.717, 1.165) is 35.5 Å². The maximum atomic E-state index is 2.61. The second-order valence-corrected chi connectivity index (χ2v) is 12.3. The van der Waals surface area contributed by atoms with Crippen molar-refractivity contribution in [3.05, 3.63) is 0 Å². The number of hydrogen-bond acceptors (Lipinski definition) is 0. The molecule has 0 amide bonds. The van der Waals surface area contributed by atoms with Crippen LogP contribution in [0.4, 0.5) is 0 Å². The highest BCUT2D eigenvalue weighted by Crippen LogP contribution is 2.81. The normalized spacial score (nSPS) is 50.6. The third-order valence-corrected chi connectivity index (χ3v) is 11.4. The van der Waals surface area contributed by atoms with Gasteiger partial charge in [0.05, 0.1) is 0 Å². The van der Waals surface area contributed by atoms with E-state index in [-0.39, 0.29) is 0 Å². The molecule has 0 saturated heterocycles. The van der Waals surface area contributed by atoms with E-state index in [0.29, 0.717) is 27.1 Å². The first-order valence-electron chi connectivity index (χ1n) is 10.1. The summed E-state index contributed by atoms with van der Waals surface area (Å²) in [4.78, 5) is 0. The van der Waals surface area contributed by atoms with Crippen LogP contribution in [0.1, 0.15) is 83.1 Å². The zero-order valence-electron chi connectivity index (χ0n) is 18.0. The van der Waals surface area contributed by atoms with Crippen molar-refractivity contribution >= 4 is 0 Å². The number of hydrogen-bond donors (Lipinski definition) is 0. The Balaban J connectivity index is 2.21. The fraction of sp³-hybridized carbons (Fsp3) is 1.00. The van der Waals surface area contributed by atoms with Crippen LogP contribution in [0.3, 0.4) is 0 Å². The summed E-state index contributed by atoms with van der Waals surface area (Å²) < 4.78 is 0. The molecule has 3 fully saturated rings. The maximum absolute atomic E-state index is 2.61. The molecule has 6 atom stereocenters. The Labute approximate surface area is 146 Å². The van der Waals surface area contributed by atoms with Crippen LogP contribution in [0.25, 0.3) is 0 Å². The van der Waals surface area contributed by atoms with E-state index < -0.39 is 0 Å². The molecule has 3 rings (SSSR count). The smallest absolute Gasteiger partial charge is 0.0246 e. The molecular weight excluding hydrogens is 276 g/mol. The summed E-state index contributed by atoms with van der Waals surface area (Å²) in [6.45, 7) is 30.9. The highest BCUT2D eigenvalue weighted by molar-refractivity contribution is 5.23. The Bertz CT molecular complexity index is 516. The van der Waals surface area contributed by atoms with Crippen LogP contribution >= 0.6 is 0 Å². The fourth-order valence-electron chi connectivity index (χ4n) is 8.32. The summed E-state index contributed by atoms with van der Waals surface area (Å²) in [5.74, 6) is 5.21. The van der Waals surface area contributed by atoms with Crippen molar-refractivity contribution in [1.29, 1.82) is 0 Å². The molecule has 0 aromatic rings. The third-order valence-electron chi connectivity index (χ3n) is 11.4. The monoisotopic (exact) mass is 318 g/mol. The standard InChI is InChI=1S/C23H42/c1-13-16-15(14(2)19(3,4)20(16,5)6)18-17(13)21(7,8)23(11,12)22(18,9)10/h13-18H,1-12H3. The Morgan fingerprint density at radius 3 is 1.39 bits per heavy atom. The quantitative estimate of drug-likeness (QED) is 0.456. The molecule has 0 radical (unpaired) electrons. The predicted molar refractivity (Wildman–Crippen MR) is 101 cm³/mol. The lowest BCUT2D eigenvalue weighted by atomic mass is 9.55. The lowest BCUT2D eigenvalue weighted by Gasteiger charge is -2.49. The zero-order valence-corrected chi connectivity index (χ0v) is 18.0. The second kappa shape index (κ2) is 4.21. The molecule has 134 valence electrons. The molecule has 0 aliphatic heterocycles. The van der Waals surface area contributed by atoms with Crippen LogP contribution in [0, 0.1) is 62.6 Å². The van der Waals surface area contributed by atoms with Gasteiger partial charge in [-0.2, -0.15) is 0 Å². The van der Waals surface area contributed by atoms with Gasteiger partial charge in [0.15, 0.2) is 0 Å². The lowest BCUT2D eigenvalue weighted by molar-refractivity contribution is -0.0105. The van der Waals surface area contributed by atoms with Gasteiger partial charge in [-0.25, -0.2) is 0 Å². The molecule has 0 aromatic heterocycles. The summed E-state index contributed by atoms with van der Waals surface area (Å²) in [7, 11) is 0. The lowest BCUT2D eigenvalue weighted by Crippen LogP contribution is -2.43. The van der Waals surface area contributed by atoms with Crippen molar-refractivity contribution in [2.24, 2.45) is 62.6 Å². The largest absolute Gasteiger partial charge is 0.0619 e. The van der Waals surface area contributed by atoms with Gasteiger partial charge >= 0.3 is 0 Å². The van der Waals surface area contributed by atoms with Crippen molar-refractivity contribution in [3.63, 3.8) is 0 Å². The van der Waals surface area contributed by atoms with E-state index in [2.05, 4.69) is 83.1 Å². The molecule has 0 N–H and O–H groups in total. The van der Waals surface area contributed by atoms with Crippen molar-refractivity contribution in [3.8, 4) is 0 Å². The topological polar surface area (TPSA) is 0 Å². The molecule has 23 heavy (non-hydrogen) atoms. The summed E-state index contributed by atoms with van der Waals surface area (Å²) >= 11 is 0.